The van der Waals surface area contributed by atoms with Crippen molar-refractivity contribution in [3.05, 3.63) is 102 Å². The summed E-state index contributed by atoms with van der Waals surface area (Å²) in [4.78, 5) is 0. The van der Waals surface area contributed by atoms with Gasteiger partial charge in [0.25, 0.3) is 0 Å². The van der Waals surface area contributed by atoms with Crippen molar-refractivity contribution in [1.29, 1.82) is 0 Å². The normalized spacial score (nSPS) is 13.6. The van der Waals surface area contributed by atoms with E-state index < -0.39 is 0 Å². The van der Waals surface area contributed by atoms with E-state index in [0.717, 1.165) is 17.1 Å². The van der Waals surface area contributed by atoms with E-state index >= 15 is 0 Å². The summed E-state index contributed by atoms with van der Waals surface area (Å²) in [5, 5.41) is 3.69. The molecule has 0 amide bonds. The molecule has 0 aromatic heterocycles. The van der Waals surface area contributed by atoms with E-state index in [4.69, 9.17) is 5.73 Å². The zero-order chi connectivity index (χ0) is 20.0. The van der Waals surface area contributed by atoms with Crippen molar-refractivity contribution in [1.82, 2.24) is 0 Å². The molecule has 0 aliphatic heterocycles. The first-order valence-electron chi connectivity index (χ1n) is 10.0. The van der Waals surface area contributed by atoms with Crippen LogP contribution in [-0.2, 0) is 5.41 Å². The quantitative estimate of drug-likeness (QED) is 0.378. The first-order valence-corrected chi connectivity index (χ1v) is 10.0. The molecule has 2 heteroatoms. The van der Waals surface area contributed by atoms with Crippen molar-refractivity contribution in [3.8, 4) is 22.3 Å². The third kappa shape index (κ3) is 2.72. The summed E-state index contributed by atoms with van der Waals surface area (Å²) in [6.45, 7) is 4.61. The van der Waals surface area contributed by atoms with Crippen molar-refractivity contribution in [3.63, 3.8) is 0 Å². The number of hydrogen-bond acceptors (Lipinski definition) is 2. The molecule has 0 radical (unpaired) electrons. The lowest BCUT2D eigenvalue weighted by atomic mass is 9.82. The largest absolute Gasteiger partial charge is 0.397 e. The van der Waals surface area contributed by atoms with E-state index in [9.17, 15) is 0 Å². The van der Waals surface area contributed by atoms with Gasteiger partial charge in [-0.3, -0.25) is 0 Å². The molecule has 0 heterocycles. The average Bonchev–Trinajstić information content (AvgIpc) is 2.98. The zero-order valence-corrected chi connectivity index (χ0v) is 16.7. The number of anilines is 3. The van der Waals surface area contributed by atoms with Crippen LogP contribution in [0.3, 0.4) is 0 Å². The lowest BCUT2D eigenvalue weighted by Gasteiger charge is -2.23. The maximum absolute atomic E-state index is 6.29. The molecule has 0 fully saturated rings. The molecule has 142 valence electrons. The highest BCUT2D eigenvalue weighted by Gasteiger charge is 2.37. The van der Waals surface area contributed by atoms with Gasteiger partial charge in [-0.25, -0.2) is 0 Å². The molecule has 29 heavy (non-hydrogen) atoms. The number of nitrogens with one attached hydrogen (secondary N) is 1. The first kappa shape index (κ1) is 17.6. The van der Waals surface area contributed by atoms with Crippen LogP contribution in [0.25, 0.3) is 22.3 Å². The Labute approximate surface area is 172 Å². The van der Waals surface area contributed by atoms with Gasteiger partial charge < -0.3 is 11.1 Å². The highest BCUT2D eigenvalue weighted by molar-refractivity contribution is 5.99. The summed E-state index contributed by atoms with van der Waals surface area (Å²) in [6, 6.07) is 31.8. The molecule has 0 saturated heterocycles. The van der Waals surface area contributed by atoms with Gasteiger partial charge in [0.1, 0.15) is 0 Å². The number of fused-ring (bicyclic) bond motifs is 3. The van der Waals surface area contributed by atoms with Crippen LogP contribution in [0.5, 0.6) is 0 Å². The second-order valence-electron chi connectivity index (χ2n) is 8.16. The summed E-state index contributed by atoms with van der Waals surface area (Å²) in [5.41, 5.74) is 16.7. The second-order valence-corrected chi connectivity index (χ2v) is 8.16. The molecule has 0 spiro atoms. The fourth-order valence-electron chi connectivity index (χ4n) is 4.53. The van der Waals surface area contributed by atoms with Crippen molar-refractivity contribution >= 4 is 17.1 Å². The van der Waals surface area contributed by atoms with E-state index in [0.29, 0.717) is 0 Å². The number of hydrogen-bond donors (Lipinski definition) is 2. The smallest absolute Gasteiger partial charge is 0.0618 e. The third-order valence-electron chi connectivity index (χ3n) is 6.05. The van der Waals surface area contributed by atoms with E-state index in [-0.39, 0.29) is 5.41 Å². The van der Waals surface area contributed by atoms with Gasteiger partial charge in [0.2, 0.25) is 0 Å². The average molecular weight is 377 g/mol. The molecule has 5 rings (SSSR count). The maximum atomic E-state index is 6.29. The van der Waals surface area contributed by atoms with Crippen molar-refractivity contribution in [2.24, 2.45) is 0 Å². The Morgan fingerprint density at radius 2 is 1.34 bits per heavy atom. The van der Waals surface area contributed by atoms with E-state index in [2.05, 4.69) is 85.9 Å². The summed E-state index contributed by atoms with van der Waals surface area (Å²) < 4.78 is 0. The fourth-order valence-corrected chi connectivity index (χ4v) is 4.53. The SMILES string of the molecule is CC1(C)c2ccccc2-c2c1ccc(-c1ccccc1)c2Nc1ccccc1N. The molecule has 0 saturated carbocycles. The van der Waals surface area contributed by atoms with Gasteiger partial charge in [-0.05, 0) is 34.4 Å². The van der Waals surface area contributed by atoms with E-state index in [1.165, 1.54) is 33.4 Å². The summed E-state index contributed by atoms with van der Waals surface area (Å²) in [5.74, 6) is 0. The molecule has 4 aromatic rings. The molecule has 0 atom stereocenters. The van der Waals surface area contributed by atoms with Crippen LogP contribution in [0.15, 0.2) is 91.0 Å². The van der Waals surface area contributed by atoms with Gasteiger partial charge in [-0.2, -0.15) is 0 Å². The first-order chi connectivity index (χ1) is 14.1. The molecule has 3 N–H and O–H groups in total. The van der Waals surface area contributed by atoms with Crippen LogP contribution >= 0.6 is 0 Å². The van der Waals surface area contributed by atoms with E-state index in [1.54, 1.807) is 0 Å². The van der Waals surface area contributed by atoms with Gasteiger partial charge in [0.05, 0.1) is 17.1 Å². The Kier molecular flexibility index (Phi) is 3.95. The minimum Gasteiger partial charge on any atom is -0.397 e. The van der Waals surface area contributed by atoms with Gasteiger partial charge in [-0.1, -0.05) is 92.7 Å². The minimum atomic E-state index is -0.0419. The molecule has 2 nitrogen and oxygen atoms in total. The third-order valence-corrected chi connectivity index (χ3v) is 6.05. The topological polar surface area (TPSA) is 38.0 Å². The van der Waals surface area contributed by atoms with Gasteiger partial charge >= 0.3 is 0 Å². The summed E-state index contributed by atoms with van der Waals surface area (Å²) in [6.07, 6.45) is 0. The molecule has 1 aliphatic carbocycles. The Bertz CT molecular complexity index is 1210. The van der Waals surface area contributed by atoms with E-state index in [1.807, 2.05) is 24.3 Å². The van der Waals surface area contributed by atoms with Gasteiger partial charge in [-0.15, -0.1) is 0 Å². The predicted molar refractivity (Wildman–Crippen MR) is 124 cm³/mol. The number of nitrogen functional groups attached to an aromatic ring is 1. The van der Waals surface area contributed by atoms with Gasteiger partial charge in [0.15, 0.2) is 0 Å². The molecule has 4 aromatic carbocycles. The molecular weight excluding hydrogens is 352 g/mol. The van der Waals surface area contributed by atoms with Crippen LogP contribution in [0.4, 0.5) is 17.1 Å². The monoisotopic (exact) mass is 376 g/mol. The minimum absolute atomic E-state index is 0.0419. The highest BCUT2D eigenvalue weighted by atomic mass is 14.9. The lowest BCUT2D eigenvalue weighted by molar-refractivity contribution is 0.660. The Morgan fingerprint density at radius 1 is 0.655 bits per heavy atom. The Hall–Kier alpha value is -3.52. The lowest BCUT2D eigenvalue weighted by Crippen LogP contribution is -2.15. The van der Waals surface area contributed by atoms with Crippen molar-refractivity contribution in [2.75, 3.05) is 11.1 Å². The van der Waals surface area contributed by atoms with Crippen molar-refractivity contribution in [2.45, 2.75) is 19.3 Å². The predicted octanol–water partition coefficient (Wildman–Crippen LogP) is 6.99. The summed E-state index contributed by atoms with van der Waals surface area (Å²) >= 11 is 0. The molecule has 0 bridgehead atoms. The summed E-state index contributed by atoms with van der Waals surface area (Å²) in [7, 11) is 0. The fraction of sp³-hybridized carbons (Fsp3) is 0.111. The molecular formula is C27H24N2. The number of rotatable bonds is 3. The number of para-hydroxylation sites is 2. The molecule has 0 unspecified atom stereocenters. The van der Waals surface area contributed by atoms with Crippen molar-refractivity contribution < 1.29 is 0 Å². The number of benzene rings is 4. The van der Waals surface area contributed by atoms with Crippen LogP contribution in [0, 0.1) is 0 Å². The van der Waals surface area contributed by atoms with Crippen LogP contribution in [-0.4, -0.2) is 0 Å². The Morgan fingerprint density at radius 3 is 2.14 bits per heavy atom. The Balaban J connectivity index is 1.82. The second kappa shape index (κ2) is 6.52. The van der Waals surface area contributed by atoms with Crippen LogP contribution in [0.1, 0.15) is 25.0 Å². The highest BCUT2D eigenvalue weighted by Crippen LogP contribution is 2.54. The zero-order valence-electron chi connectivity index (χ0n) is 16.7. The van der Waals surface area contributed by atoms with Gasteiger partial charge in [0, 0.05) is 16.5 Å². The standard InChI is InChI=1S/C27H24N2/c1-27(2)21-13-7-6-12-20(21)25-22(27)17-16-19(18-10-4-3-5-11-18)26(25)29-24-15-9-8-14-23(24)28/h3-17,29H,28H2,1-2H3. The van der Waals surface area contributed by atoms with Crippen LogP contribution < -0.4 is 11.1 Å². The maximum Gasteiger partial charge on any atom is 0.0618 e. The molecule has 1 aliphatic rings. The number of nitrogens with two attached hydrogens (primary N) is 1. The van der Waals surface area contributed by atoms with Crippen LogP contribution in [0.2, 0.25) is 0 Å².